The summed E-state index contributed by atoms with van der Waals surface area (Å²) in [5, 5.41) is 0.819. The van der Waals surface area contributed by atoms with Gasteiger partial charge in [0.15, 0.2) is 5.70 Å². The number of benzene rings is 2. The predicted molar refractivity (Wildman–Crippen MR) is 88.2 cm³/mol. The summed E-state index contributed by atoms with van der Waals surface area (Å²) in [6.07, 6.45) is 1.69. The normalized spacial score (nSPS) is 15.9. The van der Waals surface area contributed by atoms with E-state index in [0.717, 1.165) is 11.1 Å². The van der Waals surface area contributed by atoms with Crippen molar-refractivity contribution in [2.24, 2.45) is 4.99 Å². The number of halogens is 2. The summed E-state index contributed by atoms with van der Waals surface area (Å²) in [6.45, 7) is 2.00. The summed E-state index contributed by atoms with van der Waals surface area (Å²) >= 11 is 11.8. The molecule has 0 unspecified atom stereocenters. The number of nitrogens with zero attached hydrogens (tertiary/aromatic N) is 1. The Kier molecular flexibility index (Phi) is 4.01. The lowest BCUT2D eigenvalue weighted by Crippen LogP contribution is -2.05. The van der Waals surface area contributed by atoms with Crippen molar-refractivity contribution in [2.75, 3.05) is 0 Å². The van der Waals surface area contributed by atoms with Gasteiger partial charge in [-0.15, -0.1) is 0 Å². The van der Waals surface area contributed by atoms with Crippen LogP contribution in [-0.4, -0.2) is 11.9 Å². The second kappa shape index (κ2) is 5.95. The quantitative estimate of drug-likeness (QED) is 0.593. The number of ether oxygens (including phenoxy) is 1. The monoisotopic (exact) mass is 331 g/mol. The fraction of sp³-hybridized carbons (Fsp3) is 0.0588. The zero-order valence-corrected chi connectivity index (χ0v) is 13.2. The number of rotatable bonds is 2. The lowest BCUT2D eigenvalue weighted by molar-refractivity contribution is -0.129. The van der Waals surface area contributed by atoms with Crippen LogP contribution in [0, 0.1) is 6.92 Å². The number of carbonyl (C=O) groups is 1. The van der Waals surface area contributed by atoms with Crippen LogP contribution in [0.3, 0.4) is 0 Å². The van der Waals surface area contributed by atoms with Crippen LogP contribution in [0.2, 0.25) is 10.0 Å². The number of hydrogen-bond donors (Lipinski definition) is 0. The smallest absolute Gasteiger partial charge is 0.363 e. The van der Waals surface area contributed by atoms with Crippen molar-refractivity contribution >= 4 is 41.1 Å². The molecule has 0 spiro atoms. The molecule has 0 fully saturated rings. The van der Waals surface area contributed by atoms with Crippen molar-refractivity contribution in [3.8, 4) is 0 Å². The van der Waals surface area contributed by atoms with Crippen LogP contribution in [0.25, 0.3) is 6.08 Å². The van der Waals surface area contributed by atoms with Crippen LogP contribution >= 0.6 is 23.2 Å². The van der Waals surface area contributed by atoms with E-state index in [0.29, 0.717) is 15.6 Å². The molecule has 0 saturated carbocycles. The standard InChI is InChI=1S/C17H11Cl2NO2/c1-10-2-4-11(5-3-10)8-15-17(21)22-16(20-15)12-6-7-13(18)14(19)9-12/h2-9H,1H3. The van der Waals surface area contributed by atoms with Crippen molar-refractivity contribution in [1.82, 2.24) is 0 Å². The van der Waals surface area contributed by atoms with Crippen molar-refractivity contribution < 1.29 is 9.53 Å². The van der Waals surface area contributed by atoms with Gasteiger partial charge in [0.05, 0.1) is 10.0 Å². The first-order valence-corrected chi connectivity index (χ1v) is 7.33. The Hall–Kier alpha value is -2.10. The van der Waals surface area contributed by atoms with Crippen LogP contribution < -0.4 is 0 Å². The predicted octanol–water partition coefficient (Wildman–Crippen LogP) is 4.65. The highest BCUT2D eigenvalue weighted by molar-refractivity contribution is 6.42. The van der Waals surface area contributed by atoms with Gasteiger partial charge in [-0.3, -0.25) is 0 Å². The molecule has 0 radical (unpaired) electrons. The van der Waals surface area contributed by atoms with Crippen LogP contribution in [0.5, 0.6) is 0 Å². The molecule has 0 aliphatic carbocycles. The maximum absolute atomic E-state index is 11.9. The number of aliphatic imine (C=N–C) groups is 1. The van der Waals surface area contributed by atoms with Crippen LogP contribution in [-0.2, 0) is 9.53 Å². The Morgan fingerprint density at radius 1 is 1.05 bits per heavy atom. The van der Waals surface area contributed by atoms with Gasteiger partial charge in [-0.25, -0.2) is 9.79 Å². The van der Waals surface area contributed by atoms with E-state index in [-0.39, 0.29) is 11.6 Å². The van der Waals surface area contributed by atoms with E-state index in [1.54, 1.807) is 24.3 Å². The Bertz CT molecular complexity index is 808. The van der Waals surface area contributed by atoms with Crippen molar-refractivity contribution in [3.63, 3.8) is 0 Å². The molecule has 5 heteroatoms. The maximum atomic E-state index is 11.9. The van der Waals surface area contributed by atoms with Crippen molar-refractivity contribution in [2.45, 2.75) is 6.92 Å². The summed E-state index contributed by atoms with van der Waals surface area (Å²) < 4.78 is 5.19. The molecule has 0 N–H and O–H groups in total. The van der Waals surface area contributed by atoms with E-state index in [4.69, 9.17) is 27.9 Å². The molecule has 1 aliphatic heterocycles. The van der Waals surface area contributed by atoms with Gasteiger partial charge in [-0.05, 0) is 36.8 Å². The topological polar surface area (TPSA) is 38.7 Å². The van der Waals surface area contributed by atoms with E-state index in [9.17, 15) is 4.79 Å². The molecule has 0 aromatic heterocycles. The number of aryl methyl sites for hydroxylation is 1. The molecule has 0 amide bonds. The average Bonchev–Trinajstić information content (AvgIpc) is 2.85. The zero-order chi connectivity index (χ0) is 15.7. The largest absolute Gasteiger partial charge is 0.402 e. The lowest BCUT2D eigenvalue weighted by atomic mass is 10.1. The molecule has 2 aromatic rings. The number of hydrogen-bond acceptors (Lipinski definition) is 3. The third kappa shape index (κ3) is 3.06. The minimum atomic E-state index is -0.485. The molecular formula is C17H11Cl2NO2. The molecule has 3 rings (SSSR count). The van der Waals surface area contributed by atoms with Gasteiger partial charge in [0.1, 0.15) is 0 Å². The van der Waals surface area contributed by atoms with Gasteiger partial charge in [0.25, 0.3) is 0 Å². The fourth-order valence-corrected chi connectivity index (χ4v) is 2.28. The van der Waals surface area contributed by atoms with Crippen LogP contribution in [0.4, 0.5) is 0 Å². The van der Waals surface area contributed by atoms with Gasteiger partial charge in [0.2, 0.25) is 5.90 Å². The molecule has 2 aromatic carbocycles. The zero-order valence-electron chi connectivity index (χ0n) is 11.6. The number of cyclic esters (lactones) is 1. The average molecular weight is 332 g/mol. The first-order valence-electron chi connectivity index (χ1n) is 6.57. The molecule has 0 atom stereocenters. The minimum absolute atomic E-state index is 0.224. The third-order valence-corrected chi connectivity index (χ3v) is 3.91. The third-order valence-electron chi connectivity index (χ3n) is 3.17. The highest BCUT2D eigenvalue weighted by Gasteiger charge is 2.24. The Labute approximate surface area is 137 Å². The molecule has 22 heavy (non-hydrogen) atoms. The van der Waals surface area contributed by atoms with E-state index < -0.39 is 5.97 Å². The second-order valence-corrected chi connectivity index (χ2v) is 5.69. The van der Waals surface area contributed by atoms with Gasteiger partial charge in [0, 0.05) is 5.56 Å². The first kappa shape index (κ1) is 14.8. The SMILES string of the molecule is Cc1ccc(C=C2N=C(c3ccc(Cl)c(Cl)c3)OC2=O)cc1. The van der Waals surface area contributed by atoms with Gasteiger partial charge >= 0.3 is 5.97 Å². The van der Waals surface area contributed by atoms with E-state index in [1.165, 1.54) is 0 Å². The Morgan fingerprint density at radius 3 is 2.45 bits per heavy atom. The molecular weight excluding hydrogens is 321 g/mol. The molecule has 0 saturated heterocycles. The highest BCUT2D eigenvalue weighted by Crippen LogP contribution is 2.25. The van der Waals surface area contributed by atoms with Crippen LogP contribution in [0.1, 0.15) is 16.7 Å². The summed E-state index contributed by atoms with van der Waals surface area (Å²) in [7, 11) is 0. The van der Waals surface area contributed by atoms with Gasteiger partial charge in [-0.1, -0.05) is 53.0 Å². The second-order valence-electron chi connectivity index (χ2n) is 4.88. The Morgan fingerprint density at radius 2 is 1.77 bits per heavy atom. The van der Waals surface area contributed by atoms with Gasteiger partial charge < -0.3 is 4.74 Å². The van der Waals surface area contributed by atoms with E-state index in [1.807, 2.05) is 31.2 Å². The molecule has 3 nitrogen and oxygen atoms in total. The van der Waals surface area contributed by atoms with E-state index >= 15 is 0 Å². The van der Waals surface area contributed by atoms with Crippen molar-refractivity contribution in [3.05, 3.63) is 74.9 Å². The van der Waals surface area contributed by atoms with Crippen molar-refractivity contribution in [1.29, 1.82) is 0 Å². The summed E-state index contributed by atoms with van der Waals surface area (Å²) in [6, 6.07) is 12.7. The lowest BCUT2D eigenvalue weighted by Gasteiger charge is -2.01. The van der Waals surface area contributed by atoms with E-state index in [2.05, 4.69) is 4.99 Å². The molecule has 1 aliphatic rings. The van der Waals surface area contributed by atoms with Gasteiger partial charge in [-0.2, -0.15) is 0 Å². The first-order chi connectivity index (χ1) is 10.5. The number of carbonyl (C=O) groups excluding carboxylic acids is 1. The Balaban J connectivity index is 1.94. The molecule has 1 heterocycles. The summed E-state index contributed by atoms with van der Waals surface area (Å²) in [5.74, 6) is -0.261. The maximum Gasteiger partial charge on any atom is 0.363 e. The highest BCUT2D eigenvalue weighted by atomic mass is 35.5. The summed E-state index contributed by atoms with van der Waals surface area (Å²) in [5.41, 5.74) is 2.90. The fourth-order valence-electron chi connectivity index (χ4n) is 1.98. The van der Waals surface area contributed by atoms with Crippen LogP contribution in [0.15, 0.2) is 53.2 Å². The molecule has 110 valence electrons. The minimum Gasteiger partial charge on any atom is -0.402 e. The summed E-state index contributed by atoms with van der Waals surface area (Å²) in [4.78, 5) is 16.1. The number of esters is 1. The molecule has 0 bridgehead atoms.